The van der Waals surface area contributed by atoms with Crippen LogP contribution in [0.4, 0.5) is 0 Å². The molecule has 0 radical (unpaired) electrons. The highest BCUT2D eigenvalue weighted by Crippen LogP contribution is 2.30. The molecule has 1 aliphatic heterocycles. The number of aliphatic hydroxyl groups excluding tert-OH is 1. The Hall–Kier alpha value is -0.900. The molecule has 1 aliphatic rings. The van der Waals surface area contributed by atoms with Crippen LogP contribution in [-0.2, 0) is 5.54 Å². The topological polar surface area (TPSA) is 35.5 Å². The fourth-order valence-electron chi connectivity index (χ4n) is 3.68. The van der Waals surface area contributed by atoms with Crippen molar-refractivity contribution in [2.24, 2.45) is 11.8 Å². The number of nitrogens with one attached hydrogen (secondary N) is 1. The first-order chi connectivity index (χ1) is 10.0. The summed E-state index contributed by atoms with van der Waals surface area (Å²) in [5.74, 6) is 1.43. The second-order valence-corrected chi connectivity index (χ2v) is 6.84. The molecule has 0 amide bonds. The normalized spacial score (nSPS) is 30.0. The Balaban J connectivity index is 2.23. The Bertz CT molecular complexity index is 430. The minimum Gasteiger partial charge on any atom is -0.394 e. The van der Waals surface area contributed by atoms with Crippen LogP contribution in [0.15, 0.2) is 30.3 Å². The zero-order valence-electron chi connectivity index (χ0n) is 13.8. The molecule has 1 saturated heterocycles. The van der Waals surface area contributed by atoms with Crippen molar-refractivity contribution in [2.45, 2.75) is 38.8 Å². The number of piperidine rings is 1. The quantitative estimate of drug-likeness (QED) is 0.874. The number of hydrogen-bond donors (Lipinski definition) is 2. The van der Waals surface area contributed by atoms with Crippen molar-refractivity contribution >= 4 is 0 Å². The van der Waals surface area contributed by atoms with Gasteiger partial charge in [0.2, 0.25) is 0 Å². The summed E-state index contributed by atoms with van der Waals surface area (Å²) in [6.45, 7) is 9.06. The van der Waals surface area contributed by atoms with Gasteiger partial charge >= 0.3 is 0 Å². The molecule has 1 fully saturated rings. The molecular formula is C18H30N2O. The van der Waals surface area contributed by atoms with Gasteiger partial charge in [-0.25, -0.2) is 0 Å². The largest absolute Gasteiger partial charge is 0.394 e. The van der Waals surface area contributed by atoms with Gasteiger partial charge in [-0.05, 0) is 37.8 Å². The van der Waals surface area contributed by atoms with E-state index in [2.05, 4.69) is 43.1 Å². The SMILES string of the molecule is CNC(CO)(CN1CC(C)CC(C)C1C)c1ccccc1. The molecular weight excluding hydrogens is 260 g/mol. The average Bonchev–Trinajstić information content (AvgIpc) is 2.50. The highest BCUT2D eigenvalue weighted by molar-refractivity contribution is 5.25. The van der Waals surface area contributed by atoms with Crippen LogP contribution in [0.2, 0.25) is 0 Å². The van der Waals surface area contributed by atoms with Crippen molar-refractivity contribution in [3.8, 4) is 0 Å². The van der Waals surface area contributed by atoms with Gasteiger partial charge in [0, 0.05) is 19.1 Å². The summed E-state index contributed by atoms with van der Waals surface area (Å²) in [6.07, 6.45) is 1.30. The molecule has 4 unspecified atom stereocenters. The van der Waals surface area contributed by atoms with Gasteiger partial charge in [0.15, 0.2) is 0 Å². The molecule has 1 heterocycles. The number of aliphatic hydroxyl groups is 1. The fourth-order valence-corrected chi connectivity index (χ4v) is 3.68. The molecule has 0 aromatic heterocycles. The van der Waals surface area contributed by atoms with Gasteiger partial charge in [-0.2, -0.15) is 0 Å². The summed E-state index contributed by atoms with van der Waals surface area (Å²) in [6, 6.07) is 10.9. The Morgan fingerprint density at radius 1 is 1.24 bits per heavy atom. The predicted octanol–water partition coefficient (Wildman–Crippen LogP) is 2.46. The minimum absolute atomic E-state index is 0.111. The summed E-state index contributed by atoms with van der Waals surface area (Å²) < 4.78 is 0. The van der Waals surface area contributed by atoms with Crippen molar-refractivity contribution in [2.75, 3.05) is 26.7 Å². The Morgan fingerprint density at radius 3 is 2.48 bits per heavy atom. The molecule has 21 heavy (non-hydrogen) atoms. The number of rotatable bonds is 5. The highest BCUT2D eigenvalue weighted by atomic mass is 16.3. The number of benzene rings is 1. The molecule has 3 nitrogen and oxygen atoms in total. The van der Waals surface area contributed by atoms with E-state index in [-0.39, 0.29) is 12.1 Å². The van der Waals surface area contributed by atoms with E-state index in [1.807, 2.05) is 25.2 Å². The van der Waals surface area contributed by atoms with Gasteiger partial charge in [0.05, 0.1) is 12.1 Å². The molecule has 2 rings (SSSR count). The predicted molar refractivity (Wildman–Crippen MR) is 88.2 cm³/mol. The maximum absolute atomic E-state index is 10.1. The first-order valence-corrected chi connectivity index (χ1v) is 8.11. The van der Waals surface area contributed by atoms with Crippen molar-refractivity contribution in [3.05, 3.63) is 35.9 Å². The fraction of sp³-hybridized carbons (Fsp3) is 0.667. The van der Waals surface area contributed by atoms with E-state index >= 15 is 0 Å². The van der Waals surface area contributed by atoms with E-state index in [0.717, 1.165) is 24.6 Å². The summed E-state index contributed by atoms with van der Waals surface area (Å²) in [5.41, 5.74) is 0.778. The van der Waals surface area contributed by atoms with Gasteiger partial charge in [-0.1, -0.05) is 44.2 Å². The zero-order chi connectivity index (χ0) is 15.5. The van der Waals surface area contributed by atoms with E-state index in [1.165, 1.54) is 6.42 Å². The first-order valence-electron chi connectivity index (χ1n) is 8.11. The van der Waals surface area contributed by atoms with E-state index in [9.17, 15) is 5.11 Å². The summed E-state index contributed by atoms with van der Waals surface area (Å²) >= 11 is 0. The number of nitrogens with zero attached hydrogens (tertiary/aromatic N) is 1. The van der Waals surface area contributed by atoms with E-state index in [4.69, 9.17) is 0 Å². The van der Waals surface area contributed by atoms with Crippen LogP contribution >= 0.6 is 0 Å². The Labute approximate surface area is 129 Å². The van der Waals surface area contributed by atoms with Gasteiger partial charge in [-0.3, -0.25) is 4.90 Å². The maximum atomic E-state index is 10.1. The minimum atomic E-state index is -0.383. The highest BCUT2D eigenvalue weighted by Gasteiger charge is 2.37. The third-order valence-corrected chi connectivity index (χ3v) is 5.27. The van der Waals surface area contributed by atoms with Crippen molar-refractivity contribution in [1.29, 1.82) is 0 Å². The van der Waals surface area contributed by atoms with Gasteiger partial charge < -0.3 is 10.4 Å². The molecule has 2 N–H and O–H groups in total. The van der Waals surface area contributed by atoms with E-state index in [1.54, 1.807) is 0 Å². The van der Waals surface area contributed by atoms with Crippen LogP contribution < -0.4 is 5.32 Å². The smallest absolute Gasteiger partial charge is 0.0795 e. The van der Waals surface area contributed by atoms with Crippen LogP contribution in [0.3, 0.4) is 0 Å². The zero-order valence-corrected chi connectivity index (χ0v) is 13.8. The second-order valence-electron chi connectivity index (χ2n) is 6.84. The summed E-state index contributed by atoms with van der Waals surface area (Å²) in [7, 11) is 1.95. The van der Waals surface area contributed by atoms with Gasteiger partial charge in [0.25, 0.3) is 0 Å². The van der Waals surface area contributed by atoms with Crippen molar-refractivity contribution in [3.63, 3.8) is 0 Å². The van der Waals surface area contributed by atoms with Crippen LogP contribution in [0.25, 0.3) is 0 Å². The lowest BCUT2D eigenvalue weighted by Crippen LogP contribution is -2.57. The molecule has 1 aromatic rings. The van der Waals surface area contributed by atoms with E-state index in [0.29, 0.717) is 12.0 Å². The third kappa shape index (κ3) is 3.47. The number of hydrogen-bond acceptors (Lipinski definition) is 3. The van der Waals surface area contributed by atoms with Crippen LogP contribution in [0.1, 0.15) is 32.8 Å². The van der Waals surface area contributed by atoms with Gasteiger partial charge in [0.1, 0.15) is 0 Å². The summed E-state index contributed by atoms with van der Waals surface area (Å²) in [4.78, 5) is 2.54. The molecule has 118 valence electrons. The van der Waals surface area contributed by atoms with E-state index < -0.39 is 0 Å². The monoisotopic (exact) mass is 290 g/mol. The molecule has 0 spiro atoms. The molecule has 0 aliphatic carbocycles. The van der Waals surface area contributed by atoms with Gasteiger partial charge in [-0.15, -0.1) is 0 Å². The number of likely N-dealkylation sites (tertiary alicyclic amines) is 1. The van der Waals surface area contributed by atoms with Crippen molar-refractivity contribution in [1.82, 2.24) is 10.2 Å². The van der Waals surface area contributed by atoms with Crippen LogP contribution in [-0.4, -0.2) is 42.8 Å². The Kier molecular flexibility index (Phi) is 5.42. The number of likely N-dealkylation sites (N-methyl/N-ethyl adjacent to an activating group) is 1. The lowest BCUT2D eigenvalue weighted by molar-refractivity contribution is 0.0323. The molecule has 4 atom stereocenters. The summed E-state index contributed by atoms with van der Waals surface area (Å²) in [5, 5.41) is 13.5. The molecule has 3 heteroatoms. The first kappa shape index (κ1) is 16.5. The standard InChI is InChI=1S/C18H30N2O/c1-14-10-15(2)16(3)20(11-14)12-18(13-21,19-4)17-8-6-5-7-9-17/h5-9,14-16,19,21H,10-13H2,1-4H3. The lowest BCUT2D eigenvalue weighted by atomic mass is 9.83. The van der Waals surface area contributed by atoms with Crippen molar-refractivity contribution < 1.29 is 5.11 Å². The Morgan fingerprint density at radius 2 is 1.90 bits per heavy atom. The van der Waals surface area contributed by atoms with Crippen LogP contribution in [0, 0.1) is 11.8 Å². The lowest BCUT2D eigenvalue weighted by Gasteiger charge is -2.46. The molecule has 1 aromatic carbocycles. The molecule has 0 bridgehead atoms. The third-order valence-electron chi connectivity index (χ3n) is 5.27. The maximum Gasteiger partial charge on any atom is 0.0795 e. The molecule has 0 saturated carbocycles. The average molecular weight is 290 g/mol. The second kappa shape index (κ2) is 6.91. The van der Waals surface area contributed by atoms with Crippen LogP contribution in [0.5, 0.6) is 0 Å².